The minimum absolute atomic E-state index is 0.251. The fourth-order valence-electron chi connectivity index (χ4n) is 1.46. The predicted octanol–water partition coefficient (Wildman–Crippen LogP) is 1.14. The van der Waals surface area contributed by atoms with Gasteiger partial charge in [-0.25, -0.2) is 9.97 Å². The van der Waals surface area contributed by atoms with Gasteiger partial charge < -0.3 is 10.6 Å². The lowest BCUT2D eigenvalue weighted by Gasteiger charge is -2.17. The summed E-state index contributed by atoms with van der Waals surface area (Å²) in [5, 5.41) is 0. The van der Waals surface area contributed by atoms with E-state index in [2.05, 4.69) is 15.0 Å². The second-order valence-electron chi connectivity index (χ2n) is 3.80. The first kappa shape index (κ1) is 12.4. The van der Waals surface area contributed by atoms with Crippen molar-refractivity contribution in [3.05, 3.63) is 48.2 Å². The average molecular weight is 259 g/mol. The number of nitrogens with zero attached hydrogens (tertiary/aromatic N) is 4. The summed E-state index contributed by atoms with van der Waals surface area (Å²) < 4.78 is 0. The largest absolute Gasteiger partial charge is 0.388 e. The van der Waals surface area contributed by atoms with Crippen LogP contribution in [0, 0.1) is 0 Å². The van der Waals surface area contributed by atoms with E-state index < -0.39 is 0 Å². The normalized spacial score (nSPS) is 10.1. The standard InChI is InChI=1S/C12H13N5S/c1-17(8-9-4-2-3-5-14-9)11-7-15-10(6-16-11)12(13)18/h2-7H,8H2,1H3,(H2,13,18). The van der Waals surface area contributed by atoms with Gasteiger partial charge in [0, 0.05) is 13.2 Å². The van der Waals surface area contributed by atoms with Gasteiger partial charge in [-0.2, -0.15) is 0 Å². The topological polar surface area (TPSA) is 67.9 Å². The molecule has 0 saturated heterocycles. The molecule has 0 aromatic carbocycles. The number of hydrogen-bond donors (Lipinski definition) is 1. The number of aromatic nitrogens is 3. The third-order valence-corrected chi connectivity index (χ3v) is 2.62. The smallest absolute Gasteiger partial charge is 0.147 e. The van der Waals surface area contributed by atoms with Crippen LogP contribution in [0.1, 0.15) is 11.4 Å². The van der Waals surface area contributed by atoms with E-state index >= 15 is 0 Å². The molecule has 0 aliphatic carbocycles. The zero-order valence-electron chi connectivity index (χ0n) is 9.95. The van der Waals surface area contributed by atoms with Crippen LogP contribution >= 0.6 is 12.2 Å². The summed E-state index contributed by atoms with van der Waals surface area (Å²) in [6.45, 7) is 0.669. The fourth-order valence-corrected chi connectivity index (χ4v) is 1.57. The number of pyridine rings is 1. The van der Waals surface area contributed by atoms with E-state index in [0.717, 1.165) is 11.5 Å². The van der Waals surface area contributed by atoms with E-state index in [1.165, 1.54) is 0 Å². The maximum atomic E-state index is 5.47. The molecule has 0 amide bonds. The van der Waals surface area contributed by atoms with Crippen LogP contribution in [0.4, 0.5) is 5.82 Å². The van der Waals surface area contributed by atoms with Crippen molar-refractivity contribution in [1.82, 2.24) is 15.0 Å². The Balaban J connectivity index is 2.09. The Morgan fingerprint density at radius 3 is 2.67 bits per heavy atom. The molecule has 5 nitrogen and oxygen atoms in total. The van der Waals surface area contributed by atoms with Gasteiger partial charge in [0.05, 0.1) is 24.6 Å². The molecule has 18 heavy (non-hydrogen) atoms. The fraction of sp³-hybridized carbons (Fsp3) is 0.167. The Labute approximate surface area is 111 Å². The first-order valence-electron chi connectivity index (χ1n) is 5.39. The Bertz CT molecular complexity index is 526. The number of thiocarbonyl (C=S) groups is 1. The van der Waals surface area contributed by atoms with Crippen LogP contribution in [-0.2, 0) is 6.54 Å². The molecule has 0 aliphatic rings. The molecular weight excluding hydrogens is 246 g/mol. The summed E-state index contributed by atoms with van der Waals surface area (Å²) in [6, 6.07) is 5.81. The minimum Gasteiger partial charge on any atom is -0.388 e. The molecule has 0 radical (unpaired) electrons. The average Bonchev–Trinajstić information content (AvgIpc) is 2.40. The van der Waals surface area contributed by atoms with E-state index in [-0.39, 0.29) is 4.99 Å². The Kier molecular flexibility index (Phi) is 3.78. The molecule has 2 rings (SSSR count). The van der Waals surface area contributed by atoms with Crippen molar-refractivity contribution in [1.29, 1.82) is 0 Å². The molecular formula is C12H13N5S. The Hall–Kier alpha value is -2.08. The zero-order valence-corrected chi connectivity index (χ0v) is 10.8. The van der Waals surface area contributed by atoms with Crippen LogP contribution in [-0.4, -0.2) is 27.0 Å². The summed E-state index contributed by atoms with van der Waals surface area (Å²) in [5.41, 5.74) is 6.97. The number of nitrogens with two attached hydrogens (primary N) is 1. The molecule has 0 aliphatic heterocycles. The van der Waals surface area contributed by atoms with Gasteiger partial charge >= 0.3 is 0 Å². The number of anilines is 1. The highest BCUT2D eigenvalue weighted by atomic mass is 32.1. The van der Waals surface area contributed by atoms with Gasteiger partial charge in [0.2, 0.25) is 0 Å². The lowest BCUT2D eigenvalue weighted by molar-refractivity contribution is 0.859. The second kappa shape index (κ2) is 5.50. The summed E-state index contributed by atoms with van der Waals surface area (Å²) in [6.07, 6.45) is 4.99. The highest BCUT2D eigenvalue weighted by Crippen LogP contribution is 2.10. The van der Waals surface area contributed by atoms with Gasteiger partial charge in [-0.3, -0.25) is 4.98 Å². The molecule has 2 aromatic rings. The Morgan fingerprint density at radius 1 is 1.28 bits per heavy atom. The van der Waals surface area contributed by atoms with Crippen LogP contribution in [0.15, 0.2) is 36.8 Å². The first-order valence-corrected chi connectivity index (χ1v) is 5.80. The molecule has 2 heterocycles. The van der Waals surface area contributed by atoms with Crippen molar-refractivity contribution in [3.63, 3.8) is 0 Å². The number of rotatable bonds is 4. The van der Waals surface area contributed by atoms with Crippen molar-refractivity contribution in [3.8, 4) is 0 Å². The second-order valence-corrected chi connectivity index (χ2v) is 4.24. The molecule has 6 heteroatoms. The van der Waals surface area contributed by atoms with E-state index in [1.54, 1.807) is 18.6 Å². The third-order valence-electron chi connectivity index (χ3n) is 2.41. The van der Waals surface area contributed by atoms with Gasteiger partial charge in [-0.15, -0.1) is 0 Å². The number of hydrogen-bond acceptors (Lipinski definition) is 5. The third kappa shape index (κ3) is 2.98. The molecule has 0 spiro atoms. The lowest BCUT2D eigenvalue weighted by atomic mass is 10.3. The molecule has 0 saturated carbocycles. The highest BCUT2D eigenvalue weighted by molar-refractivity contribution is 7.80. The quantitative estimate of drug-likeness (QED) is 0.831. The van der Waals surface area contributed by atoms with E-state index in [4.69, 9.17) is 18.0 Å². The zero-order chi connectivity index (χ0) is 13.0. The van der Waals surface area contributed by atoms with Gasteiger partial charge in [0.15, 0.2) is 0 Å². The van der Waals surface area contributed by atoms with E-state index in [0.29, 0.717) is 12.2 Å². The molecule has 2 N–H and O–H groups in total. The molecule has 92 valence electrons. The Morgan fingerprint density at radius 2 is 2.11 bits per heavy atom. The maximum absolute atomic E-state index is 5.47. The van der Waals surface area contributed by atoms with Crippen LogP contribution in [0.25, 0.3) is 0 Å². The van der Waals surface area contributed by atoms with Crippen molar-refractivity contribution >= 4 is 23.0 Å². The van der Waals surface area contributed by atoms with Crippen molar-refractivity contribution in [2.24, 2.45) is 5.73 Å². The van der Waals surface area contributed by atoms with Gasteiger partial charge in [0.1, 0.15) is 16.5 Å². The van der Waals surface area contributed by atoms with Crippen LogP contribution in [0.3, 0.4) is 0 Å². The van der Waals surface area contributed by atoms with Gasteiger partial charge in [0.25, 0.3) is 0 Å². The minimum atomic E-state index is 0.251. The van der Waals surface area contributed by atoms with Crippen molar-refractivity contribution < 1.29 is 0 Å². The summed E-state index contributed by atoms with van der Waals surface area (Å²) >= 11 is 4.83. The van der Waals surface area contributed by atoms with Crippen LogP contribution < -0.4 is 10.6 Å². The molecule has 2 aromatic heterocycles. The van der Waals surface area contributed by atoms with Crippen LogP contribution in [0.2, 0.25) is 0 Å². The van der Waals surface area contributed by atoms with Crippen molar-refractivity contribution in [2.75, 3.05) is 11.9 Å². The van der Waals surface area contributed by atoms with Crippen LogP contribution in [0.5, 0.6) is 0 Å². The first-order chi connectivity index (χ1) is 8.66. The van der Waals surface area contributed by atoms with E-state index in [9.17, 15) is 0 Å². The summed E-state index contributed by atoms with van der Waals surface area (Å²) in [5.74, 6) is 0.751. The maximum Gasteiger partial charge on any atom is 0.147 e. The molecule has 0 bridgehead atoms. The van der Waals surface area contributed by atoms with Gasteiger partial charge in [-0.05, 0) is 12.1 Å². The monoisotopic (exact) mass is 259 g/mol. The highest BCUT2D eigenvalue weighted by Gasteiger charge is 2.05. The SMILES string of the molecule is CN(Cc1ccccn1)c1cnc(C(N)=S)cn1. The lowest BCUT2D eigenvalue weighted by Crippen LogP contribution is -2.19. The van der Waals surface area contributed by atoms with E-state index in [1.807, 2.05) is 30.1 Å². The molecule has 0 unspecified atom stereocenters. The summed E-state index contributed by atoms with van der Waals surface area (Å²) in [7, 11) is 1.93. The predicted molar refractivity (Wildman–Crippen MR) is 74.3 cm³/mol. The molecule has 0 fully saturated rings. The van der Waals surface area contributed by atoms with Crippen molar-refractivity contribution in [2.45, 2.75) is 6.54 Å². The summed E-state index contributed by atoms with van der Waals surface area (Å²) in [4.78, 5) is 14.9. The van der Waals surface area contributed by atoms with Gasteiger partial charge in [-0.1, -0.05) is 18.3 Å². The molecule has 0 atom stereocenters.